The van der Waals surface area contributed by atoms with E-state index >= 15 is 0 Å². The van der Waals surface area contributed by atoms with Gasteiger partial charge < -0.3 is 10.8 Å². The van der Waals surface area contributed by atoms with E-state index in [1.54, 1.807) is 0 Å². The number of rotatable bonds is 6. The summed E-state index contributed by atoms with van der Waals surface area (Å²) in [5.74, 6) is 0. The molecule has 0 saturated heterocycles. The van der Waals surface area contributed by atoms with Crippen LogP contribution in [-0.2, 0) is 0 Å². The molecule has 1 aliphatic rings. The summed E-state index contributed by atoms with van der Waals surface area (Å²) >= 11 is 0. The minimum Gasteiger partial charge on any atom is -0.396 e. The normalized spacial score (nSPS) is 19.1. The molecule has 1 rings (SSSR count). The van der Waals surface area contributed by atoms with Crippen molar-refractivity contribution in [3.63, 3.8) is 0 Å². The van der Waals surface area contributed by atoms with E-state index in [-0.39, 0.29) is 0 Å². The lowest BCUT2D eigenvalue weighted by atomic mass is 9.94. The van der Waals surface area contributed by atoms with Gasteiger partial charge in [0.2, 0.25) is 0 Å². The zero-order chi connectivity index (χ0) is 10.2. The summed E-state index contributed by atoms with van der Waals surface area (Å²) in [7, 11) is 0. The quantitative estimate of drug-likeness (QED) is 0.671. The molecule has 0 spiro atoms. The molecule has 3 heteroatoms. The van der Waals surface area contributed by atoms with Crippen LogP contribution >= 0.6 is 0 Å². The first-order valence-electron chi connectivity index (χ1n) is 5.93. The van der Waals surface area contributed by atoms with E-state index < -0.39 is 0 Å². The van der Waals surface area contributed by atoms with Crippen molar-refractivity contribution < 1.29 is 5.11 Å². The van der Waals surface area contributed by atoms with Gasteiger partial charge in [-0.25, -0.2) is 0 Å². The van der Waals surface area contributed by atoms with Gasteiger partial charge in [-0.2, -0.15) is 0 Å². The molecule has 0 bridgehead atoms. The van der Waals surface area contributed by atoms with Crippen LogP contribution in [0.3, 0.4) is 0 Å². The van der Waals surface area contributed by atoms with Crippen LogP contribution < -0.4 is 5.73 Å². The number of aliphatic hydroxyl groups is 1. The maximum Gasteiger partial charge on any atom is 0.0443 e. The molecule has 0 aromatic rings. The van der Waals surface area contributed by atoms with Gasteiger partial charge in [-0.3, -0.25) is 4.90 Å². The lowest BCUT2D eigenvalue weighted by Gasteiger charge is -2.34. The first-order valence-corrected chi connectivity index (χ1v) is 5.93. The molecule has 0 atom stereocenters. The molecule has 0 aromatic carbocycles. The van der Waals surface area contributed by atoms with Gasteiger partial charge in [0.15, 0.2) is 0 Å². The summed E-state index contributed by atoms with van der Waals surface area (Å²) in [5.41, 5.74) is 5.60. The fourth-order valence-electron chi connectivity index (χ4n) is 2.36. The fourth-order valence-corrected chi connectivity index (χ4v) is 2.36. The molecule has 14 heavy (non-hydrogen) atoms. The van der Waals surface area contributed by atoms with Crippen molar-refractivity contribution in [2.24, 2.45) is 5.73 Å². The average molecular weight is 200 g/mol. The standard InChI is InChI=1S/C11H24N2O/c12-7-9-13(8-4-10-14)11-5-2-1-3-6-11/h11,14H,1-10,12H2. The van der Waals surface area contributed by atoms with Gasteiger partial charge in [0.05, 0.1) is 0 Å². The molecule has 84 valence electrons. The Balaban J connectivity index is 2.30. The third-order valence-electron chi connectivity index (χ3n) is 3.11. The van der Waals surface area contributed by atoms with Gasteiger partial charge in [-0.05, 0) is 19.3 Å². The highest BCUT2D eigenvalue weighted by atomic mass is 16.3. The predicted octanol–water partition coefficient (Wildman–Crippen LogP) is 0.962. The van der Waals surface area contributed by atoms with Crippen molar-refractivity contribution in [3.05, 3.63) is 0 Å². The van der Waals surface area contributed by atoms with Gasteiger partial charge in [-0.1, -0.05) is 19.3 Å². The van der Waals surface area contributed by atoms with Crippen LogP contribution in [0.1, 0.15) is 38.5 Å². The van der Waals surface area contributed by atoms with Crippen LogP contribution in [0.5, 0.6) is 0 Å². The Labute approximate surface area is 87.3 Å². The Morgan fingerprint density at radius 3 is 2.43 bits per heavy atom. The minimum absolute atomic E-state index is 0.299. The zero-order valence-electron chi connectivity index (χ0n) is 9.12. The van der Waals surface area contributed by atoms with E-state index in [9.17, 15) is 0 Å². The molecule has 0 aliphatic heterocycles. The third-order valence-corrected chi connectivity index (χ3v) is 3.11. The molecule has 3 N–H and O–H groups in total. The molecular weight excluding hydrogens is 176 g/mol. The molecule has 0 radical (unpaired) electrons. The molecular formula is C11H24N2O. The number of nitrogens with zero attached hydrogens (tertiary/aromatic N) is 1. The van der Waals surface area contributed by atoms with Crippen LogP contribution in [0, 0.1) is 0 Å². The molecule has 0 aromatic heterocycles. The highest BCUT2D eigenvalue weighted by molar-refractivity contribution is 4.75. The van der Waals surface area contributed by atoms with Crippen LogP contribution in [0.2, 0.25) is 0 Å². The minimum atomic E-state index is 0.299. The van der Waals surface area contributed by atoms with E-state index in [1.807, 2.05) is 0 Å². The monoisotopic (exact) mass is 200 g/mol. The van der Waals surface area contributed by atoms with Crippen molar-refractivity contribution in [1.29, 1.82) is 0 Å². The van der Waals surface area contributed by atoms with Crippen LogP contribution in [-0.4, -0.2) is 42.3 Å². The Hall–Kier alpha value is -0.120. The topological polar surface area (TPSA) is 49.5 Å². The average Bonchev–Trinajstić information content (AvgIpc) is 2.25. The number of hydrogen-bond donors (Lipinski definition) is 2. The van der Waals surface area contributed by atoms with Crippen molar-refractivity contribution in [2.75, 3.05) is 26.2 Å². The Morgan fingerprint density at radius 1 is 1.14 bits per heavy atom. The second-order valence-corrected chi connectivity index (χ2v) is 4.19. The second-order valence-electron chi connectivity index (χ2n) is 4.19. The zero-order valence-corrected chi connectivity index (χ0v) is 9.12. The predicted molar refractivity (Wildman–Crippen MR) is 59.2 cm³/mol. The van der Waals surface area contributed by atoms with Gasteiger partial charge in [0.1, 0.15) is 0 Å². The molecule has 0 heterocycles. The molecule has 3 nitrogen and oxygen atoms in total. The summed E-state index contributed by atoms with van der Waals surface area (Å²) in [6.07, 6.45) is 7.66. The van der Waals surface area contributed by atoms with Crippen molar-refractivity contribution in [3.8, 4) is 0 Å². The molecule has 1 aliphatic carbocycles. The Kier molecular flexibility index (Phi) is 6.15. The summed E-state index contributed by atoms with van der Waals surface area (Å²) in [4.78, 5) is 2.47. The maximum atomic E-state index is 8.82. The van der Waals surface area contributed by atoms with Crippen molar-refractivity contribution >= 4 is 0 Å². The smallest absolute Gasteiger partial charge is 0.0443 e. The molecule has 1 fully saturated rings. The van der Waals surface area contributed by atoms with E-state index in [1.165, 1.54) is 32.1 Å². The van der Waals surface area contributed by atoms with Crippen LogP contribution in [0.4, 0.5) is 0 Å². The van der Waals surface area contributed by atoms with E-state index in [0.717, 1.165) is 32.1 Å². The fraction of sp³-hybridized carbons (Fsp3) is 1.00. The first kappa shape index (κ1) is 12.0. The maximum absolute atomic E-state index is 8.82. The second kappa shape index (κ2) is 7.21. The van der Waals surface area contributed by atoms with Gasteiger partial charge in [-0.15, -0.1) is 0 Å². The summed E-state index contributed by atoms with van der Waals surface area (Å²) in [6.45, 7) is 3.04. The van der Waals surface area contributed by atoms with Gasteiger partial charge >= 0.3 is 0 Å². The SMILES string of the molecule is NCCN(CCCO)C1CCCCC1. The lowest BCUT2D eigenvalue weighted by molar-refractivity contribution is 0.145. The summed E-state index contributed by atoms with van der Waals surface area (Å²) in [5, 5.41) is 8.82. The lowest BCUT2D eigenvalue weighted by Crippen LogP contribution is -2.40. The van der Waals surface area contributed by atoms with Gasteiger partial charge in [0.25, 0.3) is 0 Å². The third kappa shape index (κ3) is 3.95. The van der Waals surface area contributed by atoms with E-state index in [2.05, 4.69) is 4.90 Å². The first-order chi connectivity index (χ1) is 6.88. The highest BCUT2D eigenvalue weighted by Gasteiger charge is 2.19. The number of aliphatic hydroxyl groups excluding tert-OH is 1. The molecule has 0 amide bonds. The Morgan fingerprint density at radius 2 is 1.86 bits per heavy atom. The largest absolute Gasteiger partial charge is 0.396 e. The van der Waals surface area contributed by atoms with Crippen molar-refractivity contribution in [2.45, 2.75) is 44.6 Å². The molecule has 0 unspecified atom stereocenters. The number of nitrogens with two attached hydrogens (primary N) is 1. The summed E-state index contributed by atoms with van der Waals surface area (Å²) < 4.78 is 0. The van der Waals surface area contributed by atoms with E-state index in [4.69, 9.17) is 10.8 Å². The van der Waals surface area contributed by atoms with Gasteiger partial charge in [0, 0.05) is 32.3 Å². The highest BCUT2D eigenvalue weighted by Crippen LogP contribution is 2.22. The molecule has 1 saturated carbocycles. The Bertz CT molecular complexity index is 135. The summed E-state index contributed by atoms with van der Waals surface area (Å²) in [6, 6.07) is 0.735. The van der Waals surface area contributed by atoms with E-state index in [0.29, 0.717) is 6.61 Å². The van der Waals surface area contributed by atoms with Crippen LogP contribution in [0.15, 0.2) is 0 Å². The number of hydrogen-bond acceptors (Lipinski definition) is 3. The van der Waals surface area contributed by atoms with Crippen molar-refractivity contribution in [1.82, 2.24) is 4.90 Å². The van der Waals surface area contributed by atoms with Crippen LogP contribution in [0.25, 0.3) is 0 Å².